The van der Waals surface area contributed by atoms with Crippen LogP contribution in [0.25, 0.3) is 0 Å². The van der Waals surface area contributed by atoms with E-state index in [2.05, 4.69) is 31.2 Å². The van der Waals surface area contributed by atoms with Gasteiger partial charge in [-0.05, 0) is 29.8 Å². The number of alkyl halides is 2. The molecule has 22 heavy (non-hydrogen) atoms. The van der Waals surface area contributed by atoms with E-state index >= 15 is 0 Å². The first kappa shape index (κ1) is 16.1. The van der Waals surface area contributed by atoms with Crippen molar-refractivity contribution in [3.8, 4) is 5.75 Å². The van der Waals surface area contributed by atoms with Crippen molar-refractivity contribution >= 4 is 28.1 Å². The molecule has 0 saturated heterocycles. The molecule has 1 N–H and O–H groups in total. The summed E-state index contributed by atoms with van der Waals surface area (Å²) in [6, 6.07) is 13.0. The van der Waals surface area contributed by atoms with Crippen molar-refractivity contribution in [1.82, 2.24) is 5.43 Å². The second-order valence-electron chi connectivity index (χ2n) is 4.13. The monoisotopic (exact) mass is 368 g/mol. The zero-order valence-corrected chi connectivity index (χ0v) is 12.8. The highest BCUT2D eigenvalue weighted by atomic mass is 79.9. The van der Waals surface area contributed by atoms with Gasteiger partial charge in [0.15, 0.2) is 0 Å². The van der Waals surface area contributed by atoms with Gasteiger partial charge < -0.3 is 4.74 Å². The zero-order valence-electron chi connectivity index (χ0n) is 11.2. The summed E-state index contributed by atoms with van der Waals surface area (Å²) in [6.07, 6.45) is 1.45. The summed E-state index contributed by atoms with van der Waals surface area (Å²) in [5, 5.41) is 3.78. The molecule has 0 radical (unpaired) electrons. The lowest BCUT2D eigenvalue weighted by Crippen LogP contribution is -2.19. The highest BCUT2D eigenvalue weighted by molar-refractivity contribution is 9.10. The molecule has 0 aliphatic heterocycles. The lowest BCUT2D eigenvalue weighted by molar-refractivity contribution is -0.0501. The number of benzene rings is 2. The Hall–Kier alpha value is -2.28. The predicted molar refractivity (Wildman–Crippen MR) is 82.3 cm³/mol. The Balaban J connectivity index is 2.04. The molecule has 2 aromatic rings. The van der Waals surface area contributed by atoms with Crippen LogP contribution in [0.15, 0.2) is 58.1 Å². The molecule has 1 amide bonds. The molecule has 4 nitrogen and oxygen atoms in total. The van der Waals surface area contributed by atoms with E-state index < -0.39 is 12.5 Å². The fourth-order valence-corrected chi connectivity index (χ4v) is 1.89. The number of ether oxygens (including phenoxy) is 1. The molecule has 0 aliphatic rings. The van der Waals surface area contributed by atoms with Gasteiger partial charge in [-0.25, -0.2) is 5.43 Å². The van der Waals surface area contributed by atoms with Crippen LogP contribution in [0.3, 0.4) is 0 Å². The van der Waals surface area contributed by atoms with Crippen molar-refractivity contribution < 1.29 is 18.3 Å². The molecular weight excluding hydrogens is 358 g/mol. The number of amides is 1. The quantitative estimate of drug-likeness (QED) is 0.644. The van der Waals surface area contributed by atoms with Gasteiger partial charge in [-0.1, -0.05) is 40.2 Å². The average Bonchev–Trinajstić information content (AvgIpc) is 2.49. The van der Waals surface area contributed by atoms with Gasteiger partial charge in [-0.3, -0.25) is 4.79 Å². The van der Waals surface area contributed by atoms with Gasteiger partial charge in [-0.2, -0.15) is 13.9 Å². The SMILES string of the molecule is O=C(N/N=C/c1ccc(Br)cc1)c1ccccc1OC(F)F. The summed E-state index contributed by atoms with van der Waals surface area (Å²) in [5.41, 5.74) is 3.03. The number of para-hydroxylation sites is 1. The van der Waals surface area contributed by atoms with Crippen LogP contribution in [0.5, 0.6) is 5.75 Å². The smallest absolute Gasteiger partial charge is 0.387 e. The molecule has 0 bridgehead atoms. The van der Waals surface area contributed by atoms with E-state index in [1.165, 1.54) is 24.4 Å². The minimum absolute atomic E-state index is 0.0178. The van der Waals surface area contributed by atoms with Gasteiger partial charge in [0.05, 0.1) is 11.8 Å². The fourth-order valence-electron chi connectivity index (χ4n) is 1.63. The van der Waals surface area contributed by atoms with Crippen molar-refractivity contribution in [1.29, 1.82) is 0 Å². The van der Waals surface area contributed by atoms with Crippen molar-refractivity contribution in [2.24, 2.45) is 5.10 Å². The van der Waals surface area contributed by atoms with Crippen molar-refractivity contribution in [2.75, 3.05) is 0 Å². The summed E-state index contributed by atoms with van der Waals surface area (Å²) in [6.45, 7) is -3.00. The number of hydrazone groups is 1. The number of rotatable bonds is 5. The van der Waals surface area contributed by atoms with Crippen LogP contribution >= 0.6 is 15.9 Å². The fraction of sp³-hybridized carbons (Fsp3) is 0.0667. The van der Waals surface area contributed by atoms with Gasteiger partial charge >= 0.3 is 6.61 Å². The van der Waals surface area contributed by atoms with Crippen molar-refractivity contribution in [3.63, 3.8) is 0 Å². The first-order chi connectivity index (χ1) is 10.6. The normalized spacial score (nSPS) is 10.9. The lowest BCUT2D eigenvalue weighted by Gasteiger charge is -2.08. The van der Waals surface area contributed by atoms with Gasteiger partial charge in [0.25, 0.3) is 5.91 Å². The summed E-state index contributed by atoms with van der Waals surface area (Å²) >= 11 is 3.31. The maximum atomic E-state index is 12.3. The second kappa shape index (κ2) is 7.65. The van der Waals surface area contributed by atoms with Crippen LogP contribution in [0, 0.1) is 0 Å². The molecule has 0 aliphatic carbocycles. The van der Waals surface area contributed by atoms with Crippen molar-refractivity contribution in [2.45, 2.75) is 6.61 Å². The Morgan fingerprint density at radius 1 is 1.18 bits per heavy atom. The summed E-state index contributed by atoms with van der Waals surface area (Å²) in [5.74, 6) is -0.835. The number of carbonyl (C=O) groups excluding carboxylic acids is 1. The van der Waals surface area contributed by atoms with Gasteiger partial charge in [0.2, 0.25) is 0 Å². The summed E-state index contributed by atoms with van der Waals surface area (Å²) in [4.78, 5) is 11.9. The first-order valence-electron chi connectivity index (χ1n) is 6.19. The molecule has 2 aromatic carbocycles. The van der Waals surface area contributed by atoms with E-state index in [-0.39, 0.29) is 11.3 Å². The molecule has 0 heterocycles. The van der Waals surface area contributed by atoms with Crippen LogP contribution in [-0.2, 0) is 0 Å². The molecule has 2 rings (SSSR count). The highest BCUT2D eigenvalue weighted by Crippen LogP contribution is 2.20. The third-order valence-corrected chi connectivity index (χ3v) is 3.13. The third-order valence-electron chi connectivity index (χ3n) is 2.60. The van der Waals surface area contributed by atoms with E-state index in [9.17, 15) is 13.6 Å². The predicted octanol–water partition coefficient (Wildman–Crippen LogP) is 3.81. The van der Waals surface area contributed by atoms with Crippen LogP contribution < -0.4 is 10.2 Å². The molecule has 0 fully saturated rings. The Morgan fingerprint density at radius 2 is 1.86 bits per heavy atom. The number of nitrogens with zero attached hydrogens (tertiary/aromatic N) is 1. The molecule has 7 heteroatoms. The molecule has 0 aromatic heterocycles. The largest absolute Gasteiger partial charge is 0.434 e. The van der Waals surface area contributed by atoms with Gasteiger partial charge in [0.1, 0.15) is 5.75 Å². The Kier molecular flexibility index (Phi) is 5.60. The average molecular weight is 369 g/mol. The minimum Gasteiger partial charge on any atom is -0.434 e. The standard InChI is InChI=1S/C15H11BrF2N2O2/c16-11-7-5-10(6-8-11)9-19-20-14(21)12-3-1-2-4-13(12)22-15(17)18/h1-9,15H,(H,20,21)/b19-9+. The number of halogens is 3. The zero-order chi connectivity index (χ0) is 15.9. The molecule has 0 saturated carbocycles. The molecule has 114 valence electrons. The Bertz CT molecular complexity index is 675. The second-order valence-corrected chi connectivity index (χ2v) is 5.04. The van der Waals surface area contributed by atoms with E-state index in [0.717, 1.165) is 10.0 Å². The topological polar surface area (TPSA) is 50.7 Å². The lowest BCUT2D eigenvalue weighted by atomic mass is 10.2. The third kappa shape index (κ3) is 4.63. The van der Waals surface area contributed by atoms with Gasteiger partial charge in [-0.15, -0.1) is 0 Å². The molecule has 0 spiro atoms. The van der Waals surface area contributed by atoms with E-state index in [4.69, 9.17) is 0 Å². The Labute approximate surface area is 133 Å². The number of hydrogen-bond acceptors (Lipinski definition) is 3. The number of carbonyl (C=O) groups is 1. The van der Waals surface area contributed by atoms with Gasteiger partial charge in [0, 0.05) is 4.47 Å². The maximum Gasteiger partial charge on any atom is 0.387 e. The number of nitrogens with one attached hydrogen (secondary N) is 1. The summed E-state index contributed by atoms with van der Waals surface area (Å²) in [7, 11) is 0. The molecule has 0 atom stereocenters. The maximum absolute atomic E-state index is 12.3. The first-order valence-corrected chi connectivity index (χ1v) is 6.98. The van der Waals surface area contributed by atoms with E-state index in [0.29, 0.717) is 0 Å². The van der Waals surface area contributed by atoms with Crippen LogP contribution in [0.2, 0.25) is 0 Å². The van der Waals surface area contributed by atoms with Crippen LogP contribution in [-0.4, -0.2) is 18.7 Å². The van der Waals surface area contributed by atoms with E-state index in [1.54, 1.807) is 18.2 Å². The minimum atomic E-state index is -3.00. The van der Waals surface area contributed by atoms with E-state index in [1.807, 2.05) is 12.1 Å². The highest BCUT2D eigenvalue weighted by Gasteiger charge is 2.14. The Morgan fingerprint density at radius 3 is 2.55 bits per heavy atom. The molecular formula is C15H11BrF2N2O2. The number of hydrogen-bond donors (Lipinski definition) is 1. The van der Waals surface area contributed by atoms with Crippen molar-refractivity contribution in [3.05, 3.63) is 64.1 Å². The van der Waals surface area contributed by atoms with Crippen LogP contribution in [0.4, 0.5) is 8.78 Å². The summed E-state index contributed by atoms with van der Waals surface area (Å²) < 4.78 is 29.8. The van der Waals surface area contributed by atoms with Crippen LogP contribution in [0.1, 0.15) is 15.9 Å². The molecule has 0 unspecified atom stereocenters.